The van der Waals surface area contributed by atoms with Crippen LogP contribution in [0.25, 0.3) is 5.69 Å². The first-order valence-electron chi connectivity index (χ1n) is 5.85. The fraction of sp³-hybridized carbons (Fsp3) is 0.308. The quantitative estimate of drug-likeness (QED) is 0.818. The first kappa shape index (κ1) is 10.2. The molecule has 0 atom stereocenters. The van der Waals surface area contributed by atoms with Gasteiger partial charge >= 0.3 is 0 Å². The maximum absolute atomic E-state index is 5.89. The van der Waals surface area contributed by atoms with Crippen LogP contribution in [0.2, 0.25) is 0 Å². The third-order valence-electron chi connectivity index (χ3n) is 2.93. The third-order valence-corrected chi connectivity index (χ3v) is 2.93. The summed E-state index contributed by atoms with van der Waals surface area (Å²) in [6.45, 7) is 0.802. The molecule has 0 bridgehead atoms. The molecule has 1 fully saturated rings. The van der Waals surface area contributed by atoms with Crippen LogP contribution < -0.4 is 10.5 Å². The maximum Gasteiger partial charge on any atom is 0.157 e. The van der Waals surface area contributed by atoms with E-state index in [4.69, 9.17) is 10.5 Å². The third kappa shape index (κ3) is 2.25. The van der Waals surface area contributed by atoms with Gasteiger partial charge in [0.1, 0.15) is 0 Å². The Kier molecular flexibility index (Phi) is 2.48. The monoisotopic (exact) mass is 229 g/mol. The molecule has 2 N–H and O–H groups in total. The van der Waals surface area contributed by atoms with Crippen molar-refractivity contribution in [2.75, 3.05) is 12.3 Å². The number of aromatic nitrogens is 2. The fourth-order valence-electron chi connectivity index (χ4n) is 1.71. The van der Waals surface area contributed by atoms with Gasteiger partial charge in [0.25, 0.3) is 0 Å². The number of nitrogen functional groups attached to an aromatic ring is 1. The molecule has 1 heterocycles. The lowest BCUT2D eigenvalue weighted by Crippen LogP contribution is -2.00. The van der Waals surface area contributed by atoms with Gasteiger partial charge in [-0.15, -0.1) is 0 Å². The van der Waals surface area contributed by atoms with Gasteiger partial charge in [0.15, 0.2) is 5.75 Å². The van der Waals surface area contributed by atoms with Crippen molar-refractivity contribution in [3.8, 4) is 11.4 Å². The number of anilines is 1. The second kappa shape index (κ2) is 4.13. The van der Waals surface area contributed by atoms with Gasteiger partial charge in [0.05, 0.1) is 30.4 Å². The molecule has 0 radical (unpaired) electrons. The predicted octanol–water partition coefficient (Wildman–Crippen LogP) is 2.24. The summed E-state index contributed by atoms with van der Waals surface area (Å²) in [7, 11) is 0. The summed E-state index contributed by atoms with van der Waals surface area (Å²) >= 11 is 0. The SMILES string of the molecule is Nc1ccccc1-n1cc(OCC2CC2)cn1. The number of nitrogens with two attached hydrogens (primary N) is 1. The number of rotatable bonds is 4. The molecule has 3 rings (SSSR count). The van der Waals surface area contributed by atoms with Gasteiger partial charge in [0.2, 0.25) is 0 Å². The lowest BCUT2D eigenvalue weighted by molar-refractivity contribution is 0.299. The Morgan fingerprint density at radius 2 is 2.18 bits per heavy atom. The van der Waals surface area contributed by atoms with Crippen molar-refractivity contribution in [2.24, 2.45) is 5.92 Å². The van der Waals surface area contributed by atoms with Crippen molar-refractivity contribution >= 4 is 5.69 Å². The summed E-state index contributed by atoms with van der Waals surface area (Å²) in [6.07, 6.45) is 6.18. The number of hydrogen-bond donors (Lipinski definition) is 1. The molecule has 4 heteroatoms. The highest BCUT2D eigenvalue weighted by atomic mass is 16.5. The van der Waals surface area contributed by atoms with Crippen molar-refractivity contribution < 1.29 is 4.74 Å². The Hall–Kier alpha value is -1.97. The largest absolute Gasteiger partial charge is 0.490 e. The molecule has 1 aromatic heterocycles. The van der Waals surface area contributed by atoms with Crippen molar-refractivity contribution in [3.63, 3.8) is 0 Å². The summed E-state index contributed by atoms with van der Waals surface area (Å²) in [5.41, 5.74) is 7.49. The van der Waals surface area contributed by atoms with Crippen molar-refractivity contribution in [1.29, 1.82) is 0 Å². The number of nitrogens with zero attached hydrogens (tertiary/aromatic N) is 2. The fourth-order valence-corrected chi connectivity index (χ4v) is 1.71. The normalized spacial score (nSPS) is 14.8. The van der Waals surface area contributed by atoms with Gasteiger partial charge in [0, 0.05) is 0 Å². The maximum atomic E-state index is 5.89. The molecular weight excluding hydrogens is 214 g/mol. The molecule has 1 saturated carbocycles. The number of ether oxygens (including phenoxy) is 1. The summed E-state index contributed by atoms with van der Waals surface area (Å²) in [5.74, 6) is 1.56. The minimum Gasteiger partial charge on any atom is -0.490 e. The zero-order valence-corrected chi connectivity index (χ0v) is 9.54. The zero-order chi connectivity index (χ0) is 11.7. The summed E-state index contributed by atoms with van der Waals surface area (Å²) in [5, 5.41) is 4.26. The highest BCUT2D eigenvalue weighted by Crippen LogP contribution is 2.29. The molecule has 1 aromatic carbocycles. The molecule has 1 aliphatic carbocycles. The van der Waals surface area contributed by atoms with E-state index in [-0.39, 0.29) is 0 Å². The van der Waals surface area contributed by atoms with Crippen molar-refractivity contribution in [3.05, 3.63) is 36.7 Å². The van der Waals surface area contributed by atoms with Gasteiger partial charge in [-0.25, -0.2) is 4.68 Å². The predicted molar refractivity (Wildman–Crippen MR) is 66.2 cm³/mol. The minimum absolute atomic E-state index is 0.712. The Balaban J connectivity index is 1.77. The Bertz CT molecular complexity index is 517. The molecule has 0 amide bonds. The minimum atomic E-state index is 0.712. The molecule has 0 saturated heterocycles. The van der Waals surface area contributed by atoms with E-state index < -0.39 is 0 Å². The van der Waals surface area contributed by atoms with Crippen LogP contribution in [-0.2, 0) is 0 Å². The van der Waals surface area contributed by atoms with E-state index >= 15 is 0 Å². The lowest BCUT2D eigenvalue weighted by Gasteiger charge is -2.04. The Labute approximate surface area is 100 Å². The Morgan fingerprint density at radius 1 is 1.35 bits per heavy atom. The van der Waals surface area contributed by atoms with E-state index in [0.29, 0.717) is 5.69 Å². The first-order valence-corrected chi connectivity index (χ1v) is 5.85. The van der Waals surface area contributed by atoms with Crippen LogP contribution >= 0.6 is 0 Å². The second-order valence-electron chi connectivity index (χ2n) is 4.43. The second-order valence-corrected chi connectivity index (χ2v) is 4.43. The molecule has 0 spiro atoms. The van der Waals surface area contributed by atoms with E-state index in [1.54, 1.807) is 10.9 Å². The topological polar surface area (TPSA) is 53.1 Å². The van der Waals surface area contributed by atoms with Crippen molar-refractivity contribution in [1.82, 2.24) is 9.78 Å². The van der Waals surface area contributed by atoms with Crippen molar-refractivity contribution in [2.45, 2.75) is 12.8 Å². The molecular formula is C13H15N3O. The highest BCUT2D eigenvalue weighted by Gasteiger charge is 2.22. The average Bonchev–Trinajstić information content (AvgIpc) is 3.06. The molecule has 0 unspecified atom stereocenters. The van der Waals surface area contributed by atoms with E-state index in [1.165, 1.54) is 12.8 Å². The summed E-state index contributed by atoms with van der Waals surface area (Å²) < 4.78 is 7.40. The molecule has 1 aliphatic rings. The standard InChI is InChI=1S/C13H15N3O/c14-12-3-1-2-4-13(12)16-8-11(7-15-16)17-9-10-5-6-10/h1-4,7-8,10H,5-6,9,14H2. The van der Waals surface area contributed by atoms with E-state index in [1.807, 2.05) is 30.5 Å². The van der Waals surface area contributed by atoms with Crippen LogP contribution in [0.5, 0.6) is 5.75 Å². The highest BCUT2D eigenvalue weighted by molar-refractivity contribution is 5.57. The van der Waals surface area contributed by atoms with Gasteiger partial charge in [-0.1, -0.05) is 12.1 Å². The number of hydrogen-bond acceptors (Lipinski definition) is 3. The van der Waals surface area contributed by atoms with E-state index in [2.05, 4.69) is 5.10 Å². The summed E-state index contributed by atoms with van der Waals surface area (Å²) in [4.78, 5) is 0. The molecule has 2 aromatic rings. The van der Waals surface area contributed by atoms with Crippen LogP contribution in [0.4, 0.5) is 5.69 Å². The Morgan fingerprint density at radius 3 is 2.94 bits per heavy atom. The van der Waals surface area contributed by atoms with E-state index in [9.17, 15) is 0 Å². The smallest absolute Gasteiger partial charge is 0.157 e. The first-order chi connectivity index (χ1) is 8.33. The van der Waals surface area contributed by atoms with Crippen LogP contribution in [0.15, 0.2) is 36.7 Å². The lowest BCUT2D eigenvalue weighted by atomic mass is 10.3. The molecule has 4 nitrogen and oxygen atoms in total. The zero-order valence-electron chi connectivity index (χ0n) is 9.54. The molecule has 88 valence electrons. The van der Waals surface area contributed by atoms with Crippen LogP contribution in [-0.4, -0.2) is 16.4 Å². The van der Waals surface area contributed by atoms with Gasteiger partial charge in [-0.3, -0.25) is 0 Å². The van der Waals surface area contributed by atoms with Gasteiger partial charge < -0.3 is 10.5 Å². The average molecular weight is 229 g/mol. The van der Waals surface area contributed by atoms with E-state index in [0.717, 1.165) is 24.0 Å². The van der Waals surface area contributed by atoms with Crippen LogP contribution in [0, 0.1) is 5.92 Å². The van der Waals surface area contributed by atoms with Crippen LogP contribution in [0.3, 0.4) is 0 Å². The van der Waals surface area contributed by atoms with Gasteiger partial charge in [-0.2, -0.15) is 5.10 Å². The van der Waals surface area contributed by atoms with Crippen LogP contribution in [0.1, 0.15) is 12.8 Å². The van der Waals surface area contributed by atoms with Gasteiger partial charge in [-0.05, 0) is 30.9 Å². The number of para-hydroxylation sites is 2. The molecule has 0 aliphatic heterocycles. The number of benzene rings is 1. The summed E-state index contributed by atoms with van der Waals surface area (Å²) in [6, 6.07) is 7.65. The molecule has 17 heavy (non-hydrogen) atoms.